The van der Waals surface area contributed by atoms with E-state index >= 15 is 0 Å². The molecule has 0 aliphatic heterocycles. The van der Waals surface area contributed by atoms with Crippen molar-refractivity contribution in [2.75, 3.05) is 13.2 Å². The average molecular weight is 390 g/mol. The first kappa shape index (κ1) is 18.5. The summed E-state index contributed by atoms with van der Waals surface area (Å²) in [5.74, 6) is 1.10. The highest BCUT2D eigenvalue weighted by Crippen LogP contribution is 2.29. The van der Waals surface area contributed by atoms with E-state index in [1.165, 1.54) is 11.1 Å². The lowest BCUT2D eigenvalue weighted by Crippen LogP contribution is -2.30. The van der Waals surface area contributed by atoms with Crippen LogP contribution in [-0.2, 0) is 11.2 Å². The first-order valence-electron chi connectivity index (χ1n) is 8.33. The van der Waals surface area contributed by atoms with Crippen molar-refractivity contribution >= 4 is 21.8 Å². The molecule has 128 valence electrons. The molecule has 1 N–H and O–H groups in total. The zero-order valence-electron chi connectivity index (χ0n) is 14.2. The van der Waals surface area contributed by atoms with Gasteiger partial charge in [0.05, 0.1) is 4.47 Å². The summed E-state index contributed by atoms with van der Waals surface area (Å²) in [6.45, 7) is 5.00. The minimum atomic E-state index is -0.108. The molecule has 0 aromatic heterocycles. The van der Waals surface area contributed by atoms with Gasteiger partial charge in [0.2, 0.25) is 0 Å². The normalized spacial score (nSPS) is 11.8. The molecule has 4 heteroatoms. The average Bonchev–Trinajstić information content (AvgIpc) is 2.61. The van der Waals surface area contributed by atoms with Crippen LogP contribution in [0.25, 0.3) is 0 Å². The topological polar surface area (TPSA) is 38.3 Å². The van der Waals surface area contributed by atoms with Crippen LogP contribution in [0.3, 0.4) is 0 Å². The summed E-state index contributed by atoms with van der Waals surface area (Å²) in [7, 11) is 0. The fourth-order valence-corrected chi connectivity index (χ4v) is 2.87. The van der Waals surface area contributed by atoms with Crippen LogP contribution < -0.4 is 10.1 Å². The molecule has 0 saturated heterocycles. The molecule has 2 aromatic carbocycles. The van der Waals surface area contributed by atoms with Crippen LogP contribution >= 0.6 is 15.9 Å². The quantitative estimate of drug-likeness (QED) is 0.710. The van der Waals surface area contributed by atoms with Gasteiger partial charge in [0.1, 0.15) is 5.75 Å². The van der Waals surface area contributed by atoms with Crippen molar-refractivity contribution in [1.29, 1.82) is 0 Å². The van der Waals surface area contributed by atoms with Gasteiger partial charge in [-0.15, -0.1) is 0 Å². The summed E-state index contributed by atoms with van der Waals surface area (Å²) in [6, 6.07) is 16.1. The van der Waals surface area contributed by atoms with Crippen LogP contribution in [0.1, 0.15) is 37.3 Å². The number of nitrogens with one attached hydrogen (secondary N) is 1. The minimum absolute atomic E-state index is 0.0239. The monoisotopic (exact) mass is 389 g/mol. The number of benzene rings is 2. The highest BCUT2D eigenvalue weighted by atomic mass is 79.9. The second-order valence-electron chi connectivity index (χ2n) is 5.87. The van der Waals surface area contributed by atoms with E-state index in [0.717, 1.165) is 17.3 Å². The van der Waals surface area contributed by atoms with E-state index < -0.39 is 0 Å². The molecule has 0 aliphatic rings. The van der Waals surface area contributed by atoms with E-state index in [1.54, 1.807) is 0 Å². The predicted octanol–water partition coefficient (Wildman–Crippen LogP) is 4.70. The second-order valence-corrected chi connectivity index (χ2v) is 6.73. The van der Waals surface area contributed by atoms with Crippen LogP contribution in [0.5, 0.6) is 5.75 Å². The number of amides is 1. The zero-order chi connectivity index (χ0) is 17.4. The van der Waals surface area contributed by atoms with Crippen molar-refractivity contribution in [2.45, 2.75) is 32.6 Å². The molecule has 0 fully saturated rings. The zero-order valence-corrected chi connectivity index (χ0v) is 15.8. The van der Waals surface area contributed by atoms with Crippen molar-refractivity contribution in [1.82, 2.24) is 5.32 Å². The molecule has 1 amide bonds. The lowest BCUT2D eigenvalue weighted by Gasteiger charge is -2.13. The third-order valence-electron chi connectivity index (χ3n) is 4.07. The molecular weight excluding hydrogens is 366 g/mol. The van der Waals surface area contributed by atoms with Gasteiger partial charge in [-0.1, -0.05) is 50.2 Å². The van der Waals surface area contributed by atoms with E-state index in [-0.39, 0.29) is 12.5 Å². The fourth-order valence-electron chi connectivity index (χ4n) is 2.36. The Hall–Kier alpha value is -1.81. The molecule has 0 saturated carbocycles. The number of hydrogen-bond acceptors (Lipinski definition) is 2. The number of carbonyl (C=O) groups is 1. The smallest absolute Gasteiger partial charge is 0.257 e. The Morgan fingerprint density at radius 2 is 1.96 bits per heavy atom. The predicted molar refractivity (Wildman–Crippen MR) is 101 cm³/mol. The van der Waals surface area contributed by atoms with Crippen molar-refractivity contribution in [3.05, 3.63) is 64.1 Å². The summed E-state index contributed by atoms with van der Waals surface area (Å²) in [5.41, 5.74) is 2.48. The van der Waals surface area contributed by atoms with Crippen LogP contribution in [0.2, 0.25) is 0 Å². The summed E-state index contributed by atoms with van der Waals surface area (Å²) >= 11 is 3.52. The lowest BCUT2D eigenvalue weighted by atomic mass is 9.99. The van der Waals surface area contributed by atoms with E-state index in [0.29, 0.717) is 18.2 Å². The Labute approximate surface area is 152 Å². The minimum Gasteiger partial charge on any atom is -0.483 e. The maximum Gasteiger partial charge on any atom is 0.257 e. The number of halogens is 1. The van der Waals surface area contributed by atoms with Crippen molar-refractivity contribution in [2.24, 2.45) is 0 Å². The number of carbonyl (C=O) groups excluding carboxylic acids is 1. The molecule has 2 rings (SSSR count). The van der Waals surface area contributed by atoms with Crippen molar-refractivity contribution < 1.29 is 9.53 Å². The maximum absolute atomic E-state index is 11.9. The maximum atomic E-state index is 11.9. The highest BCUT2D eigenvalue weighted by Gasteiger charge is 2.09. The molecule has 1 unspecified atom stereocenters. The number of hydrogen-bond donors (Lipinski definition) is 1. The summed E-state index contributed by atoms with van der Waals surface area (Å²) in [4.78, 5) is 11.9. The SMILES string of the molecule is CCC(C)c1ccc(OCC(=O)NCCc2ccccc2)c(Br)c1. The molecule has 3 nitrogen and oxygen atoms in total. The third-order valence-corrected chi connectivity index (χ3v) is 4.69. The molecule has 0 heterocycles. The largest absolute Gasteiger partial charge is 0.483 e. The summed E-state index contributed by atoms with van der Waals surface area (Å²) < 4.78 is 6.50. The van der Waals surface area contributed by atoms with Gasteiger partial charge in [-0.25, -0.2) is 0 Å². The van der Waals surface area contributed by atoms with Gasteiger partial charge in [-0.2, -0.15) is 0 Å². The van der Waals surface area contributed by atoms with Gasteiger partial charge in [-0.3, -0.25) is 4.79 Å². The molecule has 0 bridgehead atoms. The van der Waals surface area contributed by atoms with E-state index in [2.05, 4.69) is 59.4 Å². The molecule has 0 aliphatic carbocycles. The Balaban J connectivity index is 1.77. The first-order chi connectivity index (χ1) is 11.6. The van der Waals surface area contributed by atoms with E-state index in [4.69, 9.17) is 4.74 Å². The Bertz CT molecular complexity index is 658. The fraction of sp³-hybridized carbons (Fsp3) is 0.350. The Morgan fingerprint density at radius 1 is 1.21 bits per heavy atom. The van der Waals surface area contributed by atoms with Crippen LogP contribution in [0, 0.1) is 0 Å². The standard InChI is InChI=1S/C20H24BrNO2/c1-3-15(2)17-9-10-19(18(21)13-17)24-14-20(23)22-12-11-16-7-5-4-6-8-16/h4-10,13,15H,3,11-12,14H2,1-2H3,(H,22,23). The van der Waals surface area contributed by atoms with Crippen molar-refractivity contribution in [3.8, 4) is 5.75 Å². The van der Waals surface area contributed by atoms with Crippen LogP contribution in [0.4, 0.5) is 0 Å². The van der Waals surface area contributed by atoms with E-state index in [9.17, 15) is 4.79 Å². The van der Waals surface area contributed by atoms with Gasteiger partial charge in [0.25, 0.3) is 5.91 Å². The van der Waals surface area contributed by atoms with Gasteiger partial charge in [0.15, 0.2) is 6.61 Å². The van der Waals surface area contributed by atoms with Gasteiger partial charge in [-0.05, 0) is 57.9 Å². The Kier molecular flexibility index (Phi) is 7.32. The molecule has 24 heavy (non-hydrogen) atoms. The lowest BCUT2D eigenvalue weighted by molar-refractivity contribution is -0.123. The molecule has 2 aromatic rings. The van der Waals surface area contributed by atoms with Crippen molar-refractivity contribution in [3.63, 3.8) is 0 Å². The highest BCUT2D eigenvalue weighted by molar-refractivity contribution is 9.10. The summed E-state index contributed by atoms with van der Waals surface area (Å²) in [6.07, 6.45) is 1.91. The second kappa shape index (κ2) is 9.48. The van der Waals surface area contributed by atoms with E-state index in [1.807, 2.05) is 24.3 Å². The Morgan fingerprint density at radius 3 is 2.62 bits per heavy atom. The first-order valence-corrected chi connectivity index (χ1v) is 9.12. The van der Waals surface area contributed by atoms with Gasteiger partial charge in [0, 0.05) is 6.54 Å². The molecular formula is C20H24BrNO2. The van der Waals surface area contributed by atoms with Crippen LogP contribution in [0.15, 0.2) is 53.0 Å². The third kappa shape index (κ3) is 5.68. The number of rotatable bonds is 8. The molecule has 0 radical (unpaired) electrons. The molecule has 0 spiro atoms. The van der Waals surface area contributed by atoms with Gasteiger partial charge < -0.3 is 10.1 Å². The van der Waals surface area contributed by atoms with Crippen LogP contribution in [-0.4, -0.2) is 19.1 Å². The number of ether oxygens (including phenoxy) is 1. The summed E-state index contributed by atoms with van der Waals surface area (Å²) in [5, 5.41) is 2.88. The van der Waals surface area contributed by atoms with Gasteiger partial charge >= 0.3 is 0 Å². The molecule has 1 atom stereocenters.